The number of halogens is 5. The Morgan fingerprint density at radius 2 is 1.94 bits per heavy atom. The van der Waals surface area contributed by atoms with Crippen molar-refractivity contribution in [1.82, 2.24) is 9.62 Å². The van der Waals surface area contributed by atoms with Crippen molar-refractivity contribution in [1.29, 1.82) is 0 Å². The highest BCUT2D eigenvalue weighted by Crippen LogP contribution is 2.46. The normalized spacial score (nSPS) is 20.5. The Kier molecular flexibility index (Phi) is 7.05. The lowest BCUT2D eigenvalue weighted by atomic mass is 10.0. The van der Waals surface area contributed by atoms with Crippen LogP contribution < -0.4 is 9.46 Å². The first kappa shape index (κ1) is 25.7. The van der Waals surface area contributed by atoms with Gasteiger partial charge in [0.05, 0.1) is 24.8 Å². The molecule has 0 bridgehead atoms. The summed E-state index contributed by atoms with van der Waals surface area (Å²) in [5, 5.41) is 0.123. The molecule has 4 rings (SSSR count). The summed E-state index contributed by atoms with van der Waals surface area (Å²) in [6, 6.07) is 5.91. The van der Waals surface area contributed by atoms with Gasteiger partial charge in [-0.25, -0.2) is 30.7 Å². The predicted molar refractivity (Wildman–Crippen MR) is 121 cm³/mol. The summed E-state index contributed by atoms with van der Waals surface area (Å²) >= 11 is 6.05. The van der Waals surface area contributed by atoms with Gasteiger partial charge in [0.1, 0.15) is 23.5 Å². The van der Waals surface area contributed by atoms with E-state index in [1.54, 1.807) is 4.72 Å². The summed E-state index contributed by atoms with van der Waals surface area (Å²) < 4.78 is 87.5. The van der Waals surface area contributed by atoms with E-state index in [0.29, 0.717) is 11.1 Å². The van der Waals surface area contributed by atoms with Crippen molar-refractivity contribution in [2.24, 2.45) is 0 Å². The van der Waals surface area contributed by atoms with Gasteiger partial charge in [0.2, 0.25) is 10.0 Å². The Morgan fingerprint density at radius 1 is 1.23 bits per heavy atom. The maximum absolute atomic E-state index is 14.7. The molecule has 190 valence electrons. The van der Waals surface area contributed by atoms with E-state index in [1.165, 1.54) is 23.1 Å². The Balaban J connectivity index is 1.56. The van der Waals surface area contributed by atoms with Crippen molar-refractivity contribution in [3.05, 3.63) is 63.7 Å². The van der Waals surface area contributed by atoms with E-state index in [1.807, 2.05) is 0 Å². The van der Waals surface area contributed by atoms with Gasteiger partial charge in [0.15, 0.2) is 0 Å². The lowest BCUT2D eigenvalue weighted by Crippen LogP contribution is -2.50. The molecule has 1 aliphatic heterocycles. The number of alkyl halides is 2. The fraction of sp³-hybridized carbons (Fsp3) is 0.435. The SMILES string of the molecule is CS(=O)(=O)NC(=O)c1cc(C2CC2)c(OC2CN(Cc3ccc(F)cc3Cl)CC(F)(F)C2)cc1F. The zero-order chi connectivity index (χ0) is 25.5. The Morgan fingerprint density at radius 3 is 2.57 bits per heavy atom. The van der Waals surface area contributed by atoms with Crippen LogP contribution in [0, 0.1) is 11.6 Å². The molecule has 1 saturated carbocycles. The number of hydrogen-bond acceptors (Lipinski definition) is 5. The number of amides is 1. The van der Waals surface area contributed by atoms with Crippen LogP contribution in [0.5, 0.6) is 5.75 Å². The molecule has 2 aromatic carbocycles. The van der Waals surface area contributed by atoms with Crippen LogP contribution in [-0.2, 0) is 16.6 Å². The summed E-state index contributed by atoms with van der Waals surface area (Å²) in [6.07, 6.45) is 0.667. The summed E-state index contributed by atoms with van der Waals surface area (Å²) in [5.41, 5.74) is 0.480. The van der Waals surface area contributed by atoms with Crippen LogP contribution in [0.1, 0.15) is 46.7 Å². The lowest BCUT2D eigenvalue weighted by molar-refractivity contribution is -0.103. The van der Waals surface area contributed by atoms with Crippen molar-refractivity contribution in [2.45, 2.75) is 43.8 Å². The van der Waals surface area contributed by atoms with Crippen molar-refractivity contribution in [3.8, 4) is 5.75 Å². The van der Waals surface area contributed by atoms with Crippen LogP contribution in [-0.4, -0.2) is 50.6 Å². The van der Waals surface area contributed by atoms with E-state index in [9.17, 15) is 30.8 Å². The number of carbonyl (C=O) groups is 1. The fourth-order valence-corrected chi connectivity index (χ4v) is 4.87. The summed E-state index contributed by atoms with van der Waals surface area (Å²) in [5.74, 6) is -5.78. The van der Waals surface area contributed by atoms with Gasteiger partial charge < -0.3 is 4.74 Å². The Hall–Kier alpha value is -2.37. The second-order valence-electron chi connectivity index (χ2n) is 9.05. The van der Waals surface area contributed by atoms with E-state index < -0.39 is 58.1 Å². The van der Waals surface area contributed by atoms with Gasteiger partial charge in [-0.15, -0.1) is 0 Å². The summed E-state index contributed by atoms with van der Waals surface area (Å²) in [4.78, 5) is 13.7. The molecule has 1 atom stereocenters. The number of ether oxygens (including phenoxy) is 1. The molecule has 2 aliphatic rings. The number of carbonyl (C=O) groups excluding carboxylic acids is 1. The second-order valence-corrected chi connectivity index (χ2v) is 11.2. The number of nitrogens with one attached hydrogen (secondary N) is 1. The van der Waals surface area contributed by atoms with E-state index in [0.717, 1.165) is 31.2 Å². The lowest BCUT2D eigenvalue weighted by Gasteiger charge is -2.38. The molecule has 0 spiro atoms. The number of hydrogen-bond donors (Lipinski definition) is 1. The predicted octanol–water partition coefficient (Wildman–Crippen LogP) is 4.47. The third-order valence-corrected chi connectivity index (χ3v) is 6.69. The largest absolute Gasteiger partial charge is 0.488 e. The molecule has 0 aromatic heterocycles. The molecule has 6 nitrogen and oxygen atoms in total. The Bertz CT molecular complexity index is 1250. The molecule has 1 N–H and O–H groups in total. The monoisotopic (exact) mass is 534 g/mol. The molecule has 0 radical (unpaired) electrons. The van der Waals surface area contributed by atoms with Gasteiger partial charge in [-0.3, -0.25) is 9.69 Å². The molecule has 2 fully saturated rings. The van der Waals surface area contributed by atoms with Crippen molar-refractivity contribution in [3.63, 3.8) is 0 Å². The van der Waals surface area contributed by atoms with Crippen LogP contribution in [0.4, 0.5) is 17.6 Å². The topological polar surface area (TPSA) is 75.7 Å². The van der Waals surface area contributed by atoms with Gasteiger partial charge in [-0.1, -0.05) is 17.7 Å². The zero-order valence-corrected chi connectivity index (χ0v) is 20.2. The van der Waals surface area contributed by atoms with Gasteiger partial charge in [0, 0.05) is 24.2 Å². The van der Waals surface area contributed by atoms with Crippen LogP contribution in [0.2, 0.25) is 5.02 Å². The maximum atomic E-state index is 14.7. The number of benzene rings is 2. The average Bonchev–Trinajstić information content (AvgIpc) is 3.53. The number of nitrogens with zero attached hydrogens (tertiary/aromatic N) is 1. The van der Waals surface area contributed by atoms with E-state index in [-0.39, 0.29) is 29.8 Å². The second kappa shape index (κ2) is 9.59. The van der Waals surface area contributed by atoms with Crippen molar-refractivity contribution in [2.75, 3.05) is 19.3 Å². The molecular weight excluding hydrogens is 512 g/mol. The quantitative estimate of drug-likeness (QED) is 0.530. The highest BCUT2D eigenvalue weighted by Gasteiger charge is 2.42. The summed E-state index contributed by atoms with van der Waals surface area (Å²) in [7, 11) is -3.91. The minimum atomic E-state index is -3.91. The van der Waals surface area contributed by atoms with Crippen LogP contribution in [0.3, 0.4) is 0 Å². The van der Waals surface area contributed by atoms with Crippen LogP contribution in [0.25, 0.3) is 0 Å². The standard InChI is InChI=1S/C23H23ClF4N2O4S/c1-35(32,33)29-22(31)18-7-17(13-2-3-13)21(8-20(18)26)34-16-9-23(27,28)12-30(11-16)10-14-4-5-15(25)6-19(14)24/h4-8,13,16H,2-3,9-12H2,1H3,(H,29,31). The minimum absolute atomic E-state index is 0.0447. The molecule has 2 aromatic rings. The molecule has 1 unspecified atom stereocenters. The molecule has 1 saturated heterocycles. The Labute approximate surface area is 205 Å². The minimum Gasteiger partial charge on any atom is -0.488 e. The first-order valence-corrected chi connectivity index (χ1v) is 13.1. The van der Waals surface area contributed by atoms with Gasteiger partial charge in [0.25, 0.3) is 11.8 Å². The molecule has 12 heteroatoms. The average molecular weight is 535 g/mol. The first-order chi connectivity index (χ1) is 16.3. The highest BCUT2D eigenvalue weighted by atomic mass is 35.5. The number of sulfonamides is 1. The van der Waals surface area contributed by atoms with E-state index in [2.05, 4.69) is 0 Å². The number of piperidine rings is 1. The van der Waals surface area contributed by atoms with Crippen molar-refractivity contribution >= 4 is 27.5 Å². The van der Waals surface area contributed by atoms with E-state index in [4.69, 9.17) is 16.3 Å². The van der Waals surface area contributed by atoms with Crippen LogP contribution in [0.15, 0.2) is 30.3 Å². The van der Waals surface area contributed by atoms with Crippen LogP contribution >= 0.6 is 11.6 Å². The summed E-state index contributed by atoms with van der Waals surface area (Å²) in [6.45, 7) is -0.413. The third kappa shape index (κ3) is 6.65. The van der Waals surface area contributed by atoms with Gasteiger partial charge in [-0.05, 0) is 48.1 Å². The number of rotatable bonds is 7. The highest BCUT2D eigenvalue weighted by molar-refractivity contribution is 7.89. The molecule has 1 amide bonds. The third-order valence-electron chi connectivity index (χ3n) is 5.79. The van der Waals surface area contributed by atoms with Gasteiger partial charge in [-0.2, -0.15) is 0 Å². The van der Waals surface area contributed by atoms with Crippen molar-refractivity contribution < 1.29 is 35.5 Å². The first-order valence-electron chi connectivity index (χ1n) is 10.9. The molecule has 1 aliphatic carbocycles. The molecule has 1 heterocycles. The number of likely N-dealkylation sites (tertiary alicyclic amines) is 1. The maximum Gasteiger partial charge on any atom is 0.267 e. The molecule has 35 heavy (non-hydrogen) atoms. The zero-order valence-electron chi connectivity index (χ0n) is 18.7. The fourth-order valence-electron chi connectivity index (χ4n) is 4.20. The van der Waals surface area contributed by atoms with E-state index >= 15 is 0 Å². The molecular formula is C23H23ClF4N2O4S. The smallest absolute Gasteiger partial charge is 0.267 e. The van der Waals surface area contributed by atoms with Gasteiger partial charge >= 0.3 is 0 Å².